The number of nitrogens with two attached hydrogens (primary N) is 1. The average molecular weight is 321 g/mol. The Kier molecular flexibility index (Phi) is 5.32. The molecular weight excluding hydrogens is 302 g/mol. The maximum atomic E-state index is 10.8. The molecule has 2 aromatic rings. The van der Waals surface area contributed by atoms with E-state index in [1.54, 1.807) is 6.92 Å². The van der Waals surface area contributed by atoms with Crippen molar-refractivity contribution in [2.24, 2.45) is 5.73 Å². The molecule has 1 amide bonds. The lowest BCUT2D eigenvalue weighted by atomic mass is 10.1. The van der Waals surface area contributed by atoms with E-state index in [1.807, 2.05) is 19.1 Å². The minimum atomic E-state index is -0.834. The Labute approximate surface area is 133 Å². The van der Waals surface area contributed by atoms with Crippen molar-refractivity contribution in [3.8, 4) is 5.06 Å². The second kappa shape index (κ2) is 7.22. The lowest BCUT2D eigenvalue weighted by Gasteiger charge is -1.95. The van der Waals surface area contributed by atoms with Gasteiger partial charge in [-0.05, 0) is 38.8 Å². The summed E-state index contributed by atoms with van der Waals surface area (Å²) < 4.78 is 10.2. The normalized spacial score (nSPS) is 11.2. The summed E-state index contributed by atoms with van der Waals surface area (Å²) in [7, 11) is 0. The van der Waals surface area contributed by atoms with Crippen LogP contribution in [0.15, 0.2) is 4.52 Å². The fourth-order valence-corrected chi connectivity index (χ4v) is 2.80. The summed E-state index contributed by atoms with van der Waals surface area (Å²) >= 11 is 1.27. The smallest absolute Gasteiger partial charge is 0.397 e. The van der Waals surface area contributed by atoms with Gasteiger partial charge < -0.3 is 15.0 Å². The number of nitrogens with zero attached hydrogens (tertiary/aromatic N) is 2. The summed E-state index contributed by atoms with van der Waals surface area (Å²) in [6.07, 6.45) is 6.03. The molecule has 2 aromatic heterocycles. The highest BCUT2D eigenvalue weighted by atomic mass is 32.1. The second-order valence-corrected chi connectivity index (χ2v) is 5.88. The van der Waals surface area contributed by atoms with Gasteiger partial charge in [0.15, 0.2) is 0 Å². The van der Waals surface area contributed by atoms with E-state index in [0.717, 1.165) is 41.3 Å². The summed E-state index contributed by atoms with van der Waals surface area (Å²) in [6, 6.07) is 0. The first-order valence-electron chi connectivity index (χ1n) is 7.09. The first kappa shape index (κ1) is 16.2. The number of hydrogen-bond donors (Lipinski definition) is 1. The summed E-state index contributed by atoms with van der Waals surface area (Å²) in [5, 5.41) is 5.25. The summed E-state index contributed by atoms with van der Waals surface area (Å²) in [5.41, 5.74) is 7.60. The Morgan fingerprint density at radius 3 is 2.86 bits per heavy atom. The third kappa shape index (κ3) is 3.94. The SMILES string of the molecule is CCCCc1noc(C)c1/C=C/c1nc(C)c(OC(N)=O)s1. The monoisotopic (exact) mass is 321 g/mol. The number of carbonyl (C=O) groups is 1. The number of aryl methyl sites for hydroxylation is 3. The number of hydrogen-bond acceptors (Lipinski definition) is 6. The number of rotatable bonds is 6. The molecule has 0 aliphatic rings. The van der Waals surface area contributed by atoms with Crippen molar-refractivity contribution in [3.05, 3.63) is 27.7 Å². The van der Waals surface area contributed by atoms with E-state index < -0.39 is 6.09 Å². The van der Waals surface area contributed by atoms with Gasteiger partial charge in [0.2, 0.25) is 5.06 Å². The molecule has 2 rings (SSSR count). The van der Waals surface area contributed by atoms with Gasteiger partial charge in [0.05, 0.1) is 11.4 Å². The molecule has 22 heavy (non-hydrogen) atoms. The molecule has 6 nitrogen and oxygen atoms in total. The molecule has 0 spiro atoms. The van der Waals surface area contributed by atoms with Crippen molar-refractivity contribution >= 4 is 29.6 Å². The molecule has 0 bridgehead atoms. The topological polar surface area (TPSA) is 91.2 Å². The average Bonchev–Trinajstić information content (AvgIpc) is 2.97. The molecule has 0 saturated carbocycles. The van der Waals surface area contributed by atoms with Crippen molar-refractivity contribution in [1.29, 1.82) is 0 Å². The molecule has 0 unspecified atom stereocenters. The zero-order valence-electron chi connectivity index (χ0n) is 12.9. The molecule has 0 aromatic carbocycles. The van der Waals surface area contributed by atoms with Crippen LogP contribution in [-0.2, 0) is 6.42 Å². The molecule has 0 fully saturated rings. The van der Waals surface area contributed by atoms with E-state index in [1.165, 1.54) is 11.3 Å². The molecule has 118 valence electrons. The predicted molar refractivity (Wildman–Crippen MR) is 85.8 cm³/mol. The Bertz CT molecular complexity index is 688. The minimum Gasteiger partial charge on any atom is -0.397 e. The van der Waals surface area contributed by atoms with Gasteiger partial charge >= 0.3 is 6.09 Å². The van der Waals surface area contributed by atoms with Gasteiger partial charge in [-0.2, -0.15) is 0 Å². The molecule has 2 heterocycles. The molecule has 0 aliphatic carbocycles. The van der Waals surface area contributed by atoms with Crippen molar-refractivity contribution < 1.29 is 14.1 Å². The number of aromatic nitrogens is 2. The first-order chi connectivity index (χ1) is 10.5. The molecule has 2 N–H and O–H groups in total. The van der Waals surface area contributed by atoms with E-state index in [2.05, 4.69) is 17.1 Å². The molecule has 0 aliphatic heterocycles. The number of primary amides is 1. The fraction of sp³-hybridized carbons (Fsp3) is 0.400. The summed E-state index contributed by atoms with van der Waals surface area (Å²) in [6.45, 7) is 5.79. The van der Waals surface area contributed by atoms with Gasteiger partial charge in [-0.15, -0.1) is 0 Å². The van der Waals surface area contributed by atoms with Crippen molar-refractivity contribution in [3.63, 3.8) is 0 Å². The lowest BCUT2D eigenvalue weighted by molar-refractivity contribution is 0.212. The van der Waals surface area contributed by atoms with E-state index in [-0.39, 0.29) is 0 Å². The number of ether oxygens (including phenoxy) is 1. The number of amides is 1. The Balaban J connectivity index is 2.18. The number of thiazole rings is 1. The zero-order chi connectivity index (χ0) is 16.1. The number of carbonyl (C=O) groups excluding carboxylic acids is 1. The molecule has 7 heteroatoms. The van der Waals surface area contributed by atoms with Crippen LogP contribution in [0.4, 0.5) is 4.79 Å². The van der Waals surface area contributed by atoms with Crippen molar-refractivity contribution in [2.45, 2.75) is 40.0 Å². The summed E-state index contributed by atoms with van der Waals surface area (Å²) in [4.78, 5) is 15.1. The van der Waals surface area contributed by atoms with Crippen molar-refractivity contribution in [1.82, 2.24) is 10.1 Å². The summed E-state index contributed by atoms with van der Waals surface area (Å²) in [5.74, 6) is 0.782. The molecule has 0 atom stereocenters. The lowest BCUT2D eigenvalue weighted by Crippen LogP contribution is -2.15. The third-order valence-corrected chi connectivity index (χ3v) is 4.11. The predicted octanol–water partition coefficient (Wildman–Crippen LogP) is 3.72. The van der Waals surface area contributed by atoms with E-state index in [9.17, 15) is 4.79 Å². The van der Waals surface area contributed by atoms with Gasteiger partial charge in [0.25, 0.3) is 0 Å². The van der Waals surface area contributed by atoms with Gasteiger partial charge in [-0.25, -0.2) is 9.78 Å². The molecular formula is C15H19N3O3S. The maximum absolute atomic E-state index is 10.8. The van der Waals surface area contributed by atoms with Crippen LogP contribution in [0.3, 0.4) is 0 Å². The molecule has 0 radical (unpaired) electrons. The van der Waals surface area contributed by atoms with E-state index >= 15 is 0 Å². The Morgan fingerprint density at radius 1 is 1.41 bits per heavy atom. The van der Waals surface area contributed by atoms with Crippen LogP contribution in [0, 0.1) is 13.8 Å². The standard InChI is InChI=1S/C15H19N3O3S/c1-4-5-6-12-11(10(3)21-18-12)7-8-13-17-9(2)14(22-13)20-15(16)19/h7-8H,4-6H2,1-3H3,(H2,16,19)/b8-7+. The van der Waals surface area contributed by atoms with Crippen LogP contribution in [-0.4, -0.2) is 16.2 Å². The minimum absolute atomic E-state index is 0.417. The van der Waals surface area contributed by atoms with Crippen LogP contribution < -0.4 is 10.5 Å². The zero-order valence-corrected chi connectivity index (χ0v) is 13.7. The maximum Gasteiger partial charge on any atom is 0.410 e. The van der Waals surface area contributed by atoms with E-state index in [0.29, 0.717) is 10.8 Å². The first-order valence-corrected chi connectivity index (χ1v) is 7.90. The second-order valence-electron chi connectivity index (χ2n) is 4.88. The Morgan fingerprint density at radius 2 is 2.18 bits per heavy atom. The number of unbranched alkanes of at least 4 members (excludes halogenated alkanes) is 1. The van der Waals surface area contributed by atoms with Gasteiger partial charge in [-0.3, -0.25) is 0 Å². The largest absolute Gasteiger partial charge is 0.410 e. The van der Waals surface area contributed by atoms with Crippen molar-refractivity contribution in [2.75, 3.05) is 0 Å². The van der Waals surface area contributed by atoms with Gasteiger partial charge in [0.1, 0.15) is 10.8 Å². The van der Waals surface area contributed by atoms with Crippen LogP contribution in [0.5, 0.6) is 5.06 Å². The highest BCUT2D eigenvalue weighted by molar-refractivity contribution is 7.14. The fourth-order valence-electron chi connectivity index (χ4n) is 1.98. The quantitative estimate of drug-likeness (QED) is 0.875. The highest BCUT2D eigenvalue weighted by Gasteiger charge is 2.12. The van der Waals surface area contributed by atoms with E-state index in [4.69, 9.17) is 15.0 Å². The van der Waals surface area contributed by atoms with Crippen LogP contribution in [0.2, 0.25) is 0 Å². The Hall–Kier alpha value is -2.15. The molecule has 0 saturated heterocycles. The van der Waals surface area contributed by atoms with Gasteiger partial charge in [0, 0.05) is 5.56 Å². The van der Waals surface area contributed by atoms with Gasteiger partial charge in [-0.1, -0.05) is 29.8 Å². The van der Waals surface area contributed by atoms with Crippen LogP contribution in [0.25, 0.3) is 12.2 Å². The van der Waals surface area contributed by atoms with Crippen LogP contribution in [0.1, 0.15) is 47.5 Å². The highest BCUT2D eigenvalue weighted by Crippen LogP contribution is 2.28. The van der Waals surface area contributed by atoms with Crippen LogP contribution >= 0.6 is 11.3 Å². The third-order valence-electron chi connectivity index (χ3n) is 3.11.